The normalized spacial score (nSPS) is 29.8. The van der Waals surface area contributed by atoms with E-state index in [2.05, 4.69) is 11.9 Å². The number of imide groups is 1. The second-order valence-electron chi connectivity index (χ2n) is 3.76. The van der Waals surface area contributed by atoms with E-state index in [4.69, 9.17) is 0 Å². The van der Waals surface area contributed by atoms with Crippen molar-refractivity contribution < 1.29 is 9.59 Å². The first kappa shape index (κ1) is 11.0. The number of rotatable bonds is 0. The van der Waals surface area contributed by atoms with Crippen molar-refractivity contribution in [1.29, 1.82) is 0 Å². The van der Waals surface area contributed by atoms with Crippen molar-refractivity contribution in [3.63, 3.8) is 0 Å². The van der Waals surface area contributed by atoms with Crippen LogP contribution < -0.4 is 5.32 Å². The highest BCUT2D eigenvalue weighted by molar-refractivity contribution is 6.05. The highest BCUT2D eigenvalue weighted by atomic mass is 16.2. The molecule has 2 aliphatic rings. The largest absolute Gasteiger partial charge is 0.296 e. The van der Waals surface area contributed by atoms with Crippen LogP contribution in [-0.2, 0) is 9.59 Å². The molecule has 14 heavy (non-hydrogen) atoms. The van der Waals surface area contributed by atoms with Gasteiger partial charge in [0.15, 0.2) is 0 Å². The molecule has 1 N–H and O–H groups in total. The van der Waals surface area contributed by atoms with E-state index < -0.39 is 0 Å². The minimum atomic E-state index is -0.0419. The van der Waals surface area contributed by atoms with Gasteiger partial charge in [0.05, 0.1) is 0 Å². The molecule has 2 rings (SSSR count). The quantitative estimate of drug-likeness (QED) is 0.472. The van der Waals surface area contributed by atoms with E-state index >= 15 is 0 Å². The Hall–Kier alpha value is -1.12. The standard InChI is InChI=1S/C8H11NO2.C3H6/c10-7-5-3-1-2-4-6(5)8(11)9-7;1-3-2/h5-6H,1-4H2,(H,9,10,11);3H,1H2,2H3. The summed E-state index contributed by atoms with van der Waals surface area (Å²) in [6.45, 7) is 5.25. The summed E-state index contributed by atoms with van der Waals surface area (Å²) in [5.41, 5.74) is 0. The first-order valence-electron chi connectivity index (χ1n) is 5.12. The molecule has 1 aliphatic heterocycles. The van der Waals surface area contributed by atoms with E-state index in [9.17, 15) is 9.59 Å². The van der Waals surface area contributed by atoms with E-state index in [1.165, 1.54) is 0 Å². The van der Waals surface area contributed by atoms with Gasteiger partial charge in [0.2, 0.25) is 11.8 Å². The lowest BCUT2D eigenvalue weighted by Crippen LogP contribution is -2.21. The van der Waals surface area contributed by atoms with Crippen LogP contribution in [0.25, 0.3) is 0 Å². The smallest absolute Gasteiger partial charge is 0.230 e. The Bertz CT molecular complexity index is 226. The summed E-state index contributed by atoms with van der Waals surface area (Å²) >= 11 is 0. The number of amides is 2. The highest BCUT2D eigenvalue weighted by Gasteiger charge is 2.42. The third-order valence-electron chi connectivity index (χ3n) is 2.69. The zero-order valence-electron chi connectivity index (χ0n) is 8.58. The van der Waals surface area contributed by atoms with Crippen molar-refractivity contribution in [3.8, 4) is 0 Å². The molecule has 3 heteroatoms. The van der Waals surface area contributed by atoms with Gasteiger partial charge >= 0.3 is 0 Å². The fraction of sp³-hybridized carbons (Fsp3) is 0.636. The zero-order chi connectivity index (χ0) is 10.6. The molecule has 1 aliphatic carbocycles. The number of hydrogen-bond donors (Lipinski definition) is 1. The molecule has 2 unspecified atom stereocenters. The number of fused-ring (bicyclic) bond motifs is 1. The number of hydrogen-bond acceptors (Lipinski definition) is 2. The third kappa shape index (κ3) is 2.22. The van der Waals surface area contributed by atoms with Gasteiger partial charge in [-0.2, -0.15) is 0 Å². The molecule has 1 saturated heterocycles. The lowest BCUT2D eigenvalue weighted by atomic mass is 9.81. The summed E-state index contributed by atoms with van der Waals surface area (Å²) in [5.74, 6) is -0.0631. The van der Waals surface area contributed by atoms with Crippen LogP contribution in [0.1, 0.15) is 32.6 Å². The van der Waals surface area contributed by atoms with Gasteiger partial charge in [-0.1, -0.05) is 18.9 Å². The summed E-state index contributed by atoms with van der Waals surface area (Å²) < 4.78 is 0. The minimum absolute atomic E-state index is 0.0104. The molecule has 1 saturated carbocycles. The van der Waals surface area contributed by atoms with Crippen LogP contribution >= 0.6 is 0 Å². The Morgan fingerprint density at radius 2 is 1.57 bits per heavy atom. The summed E-state index contributed by atoms with van der Waals surface area (Å²) in [7, 11) is 0. The van der Waals surface area contributed by atoms with E-state index in [0.29, 0.717) is 0 Å². The second kappa shape index (κ2) is 4.94. The molecule has 0 radical (unpaired) electrons. The molecule has 1 heterocycles. The van der Waals surface area contributed by atoms with Gasteiger partial charge in [-0.25, -0.2) is 0 Å². The molecule has 78 valence electrons. The van der Waals surface area contributed by atoms with Crippen molar-refractivity contribution in [3.05, 3.63) is 12.7 Å². The molecule has 0 bridgehead atoms. The predicted molar refractivity (Wildman–Crippen MR) is 54.5 cm³/mol. The molecule has 3 nitrogen and oxygen atoms in total. The van der Waals surface area contributed by atoms with Gasteiger partial charge in [-0.3, -0.25) is 14.9 Å². The van der Waals surface area contributed by atoms with Crippen molar-refractivity contribution in [2.24, 2.45) is 11.8 Å². The molecular formula is C11H17NO2. The molecule has 0 aromatic carbocycles. The fourth-order valence-corrected chi connectivity index (χ4v) is 2.07. The molecule has 2 amide bonds. The Labute approximate surface area is 84.6 Å². The molecule has 0 aromatic heterocycles. The zero-order valence-corrected chi connectivity index (χ0v) is 8.58. The molecule has 0 aromatic rings. The maximum Gasteiger partial charge on any atom is 0.230 e. The van der Waals surface area contributed by atoms with Gasteiger partial charge in [-0.15, -0.1) is 6.58 Å². The Kier molecular flexibility index (Phi) is 3.86. The van der Waals surface area contributed by atoms with Gasteiger partial charge in [0.25, 0.3) is 0 Å². The monoisotopic (exact) mass is 195 g/mol. The maximum absolute atomic E-state index is 11.1. The highest BCUT2D eigenvalue weighted by Crippen LogP contribution is 2.33. The molecule has 0 spiro atoms. The van der Waals surface area contributed by atoms with Crippen LogP contribution in [-0.4, -0.2) is 11.8 Å². The predicted octanol–water partition coefficient (Wildman–Crippen LogP) is 1.64. The van der Waals surface area contributed by atoms with Gasteiger partial charge < -0.3 is 0 Å². The summed E-state index contributed by atoms with van der Waals surface area (Å²) in [6.07, 6.45) is 5.76. The average Bonchev–Trinajstić information content (AvgIpc) is 2.45. The first-order chi connectivity index (χ1) is 6.70. The molecule has 2 atom stereocenters. The van der Waals surface area contributed by atoms with E-state index in [0.717, 1.165) is 25.7 Å². The van der Waals surface area contributed by atoms with E-state index in [1.54, 1.807) is 6.08 Å². The van der Waals surface area contributed by atoms with Crippen molar-refractivity contribution in [2.75, 3.05) is 0 Å². The Balaban J connectivity index is 0.000000293. The van der Waals surface area contributed by atoms with Gasteiger partial charge in [0, 0.05) is 11.8 Å². The summed E-state index contributed by atoms with van der Waals surface area (Å²) in [5, 5.41) is 2.38. The number of carbonyl (C=O) groups is 2. The van der Waals surface area contributed by atoms with Crippen molar-refractivity contribution >= 4 is 11.8 Å². The summed E-state index contributed by atoms with van der Waals surface area (Å²) in [6, 6.07) is 0. The van der Waals surface area contributed by atoms with E-state index in [-0.39, 0.29) is 23.7 Å². The van der Waals surface area contributed by atoms with E-state index in [1.807, 2.05) is 6.92 Å². The van der Waals surface area contributed by atoms with Crippen molar-refractivity contribution in [1.82, 2.24) is 5.32 Å². The van der Waals surface area contributed by atoms with Gasteiger partial charge in [-0.05, 0) is 19.8 Å². The second-order valence-corrected chi connectivity index (χ2v) is 3.76. The third-order valence-corrected chi connectivity index (χ3v) is 2.69. The maximum atomic E-state index is 11.1. The average molecular weight is 195 g/mol. The molecule has 2 fully saturated rings. The molecular weight excluding hydrogens is 178 g/mol. The number of nitrogens with one attached hydrogen (secondary N) is 1. The van der Waals surface area contributed by atoms with Crippen LogP contribution in [0, 0.1) is 11.8 Å². The topological polar surface area (TPSA) is 46.2 Å². The van der Waals surface area contributed by atoms with Crippen LogP contribution in [0.4, 0.5) is 0 Å². The van der Waals surface area contributed by atoms with Crippen LogP contribution in [0.3, 0.4) is 0 Å². The lowest BCUT2D eigenvalue weighted by molar-refractivity contribution is -0.126. The number of carbonyl (C=O) groups excluding carboxylic acids is 2. The fourth-order valence-electron chi connectivity index (χ4n) is 2.07. The minimum Gasteiger partial charge on any atom is -0.296 e. The summed E-state index contributed by atoms with van der Waals surface area (Å²) in [4.78, 5) is 22.2. The number of allylic oxidation sites excluding steroid dienone is 1. The Morgan fingerprint density at radius 3 is 1.93 bits per heavy atom. The van der Waals surface area contributed by atoms with Gasteiger partial charge in [0.1, 0.15) is 0 Å². The lowest BCUT2D eigenvalue weighted by Gasteiger charge is -2.19. The van der Waals surface area contributed by atoms with Crippen LogP contribution in [0.5, 0.6) is 0 Å². The van der Waals surface area contributed by atoms with Crippen molar-refractivity contribution in [2.45, 2.75) is 32.6 Å². The first-order valence-corrected chi connectivity index (χ1v) is 5.12. The van der Waals surface area contributed by atoms with Crippen LogP contribution in [0.15, 0.2) is 12.7 Å². The Morgan fingerprint density at radius 1 is 1.21 bits per heavy atom. The SMILES string of the molecule is C=CC.O=C1NC(=O)C2CCCCC12. The van der Waals surface area contributed by atoms with Crippen LogP contribution in [0.2, 0.25) is 0 Å².